The molecule has 0 spiro atoms. The Labute approximate surface area is 83.5 Å². The van der Waals surface area contributed by atoms with Gasteiger partial charge in [-0.05, 0) is 13.0 Å². The monoisotopic (exact) mass is 199 g/mol. The molecule has 3 N–H and O–H groups in total. The summed E-state index contributed by atoms with van der Waals surface area (Å²) >= 11 is 0. The van der Waals surface area contributed by atoms with Gasteiger partial charge in [-0.2, -0.15) is 0 Å². The maximum Gasteiger partial charge on any atom is 0.322 e. The van der Waals surface area contributed by atoms with Gasteiger partial charge in [0.05, 0.1) is 0 Å². The first-order valence-corrected chi connectivity index (χ1v) is 5.19. The number of rotatable bonds is 2. The SMILES string of the molecule is O=C(O)C1CNCCN1C1CCNC1. The number of carboxylic acids is 1. The van der Waals surface area contributed by atoms with Crippen LogP contribution in [-0.2, 0) is 4.79 Å². The van der Waals surface area contributed by atoms with Crippen molar-refractivity contribution in [2.24, 2.45) is 0 Å². The molecule has 2 aliphatic heterocycles. The summed E-state index contributed by atoms with van der Waals surface area (Å²) in [4.78, 5) is 13.1. The highest BCUT2D eigenvalue weighted by Crippen LogP contribution is 2.14. The molecular weight excluding hydrogens is 182 g/mol. The van der Waals surface area contributed by atoms with Gasteiger partial charge in [-0.1, -0.05) is 0 Å². The highest BCUT2D eigenvalue weighted by molar-refractivity contribution is 5.74. The lowest BCUT2D eigenvalue weighted by atomic mass is 10.1. The summed E-state index contributed by atoms with van der Waals surface area (Å²) in [6.07, 6.45) is 1.07. The van der Waals surface area contributed by atoms with Crippen molar-refractivity contribution >= 4 is 5.97 Å². The lowest BCUT2D eigenvalue weighted by Gasteiger charge is -2.37. The second-order valence-corrected chi connectivity index (χ2v) is 3.94. The Morgan fingerprint density at radius 1 is 1.29 bits per heavy atom. The fourth-order valence-electron chi connectivity index (χ4n) is 2.31. The van der Waals surface area contributed by atoms with E-state index in [4.69, 9.17) is 5.11 Å². The van der Waals surface area contributed by atoms with E-state index in [9.17, 15) is 4.79 Å². The summed E-state index contributed by atoms with van der Waals surface area (Å²) < 4.78 is 0. The van der Waals surface area contributed by atoms with Gasteiger partial charge in [-0.15, -0.1) is 0 Å². The van der Waals surface area contributed by atoms with E-state index in [2.05, 4.69) is 15.5 Å². The van der Waals surface area contributed by atoms with Crippen molar-refractivity contribution in [1.82, 2.24) is 15.5 Å². The van der Waals surface area contributed by atoms with Crippen molar-refractivity contribution in [2.45, 2.75) is 18.5 Å². The molecule has 0 radical (unpaired) electrons. The molecule has 5 heteroatoms. The van der Waals surface area contributed by atoms with Gasteiger partial charge in [0.2, 0.25) is 0 Å². The molecule has 0 aromatic heterocycles. The van der Waals surface area contributed by atoms with E-state index >= 15 is 0 Å². The summed E-state index contributed by atoms with van der Waals surface area (Å²) in [5.41, 5.74) is 0. The minimum absolute atomic E-state index is 0.339. The highest BCUT2D eigenvalue weighted by atomic mass is 16.4. The van der Waals surface area contributed by atoms with Crippen LogP contribution in [0, 0.1) is 0 Å². The molecule has 2 saturated heterocycles. The van der Waals surface area contributed by atoms with Crippen LogP contribution in [0.15, 0.2) is 0 Å². The molecule has 5 nitrogen and oxygen atoms in total. The molecule has 0 aliphatic carbocycles. The zero-order chi connectivity index (χ0) is 9.97. The topological polar surface area (TPSA) is 64.6 Å². The maximum atomic E-state index is 11.0. The van der Waals surface area contributed by atoms with E-state index in [1.165, 1.54) is 0 Å². The first kappa shape index (κ1) is 9.89. The minimum atomic E-state index is -0.705. The fraction of sp³-hybridized carbons (Fsp3) is 0.889. The van der Waals surface area contributed by atoms with Crippen LogP contribution in [0.2, 0.25) is 0 Å². The predicted molar refractivity (Wildman–Crippen MR) is 52.3 cm³/mol. The molecule has 2 heterocycles. The number of nitrogens with zero attached hydrogens (tertiary/aromatic N) is 1. The van der Waals surface area contributed by atoms with Crippen LogP contribution in [0.4, 0.5) is 0 Å². The molecule has 2 fully saturated rings. The first-order valence-electron chi connectivity index (χ1n) is 5.19. The van der Waals surface area contributed by atoms with Crippen LogP contribution < -0.4 is 10.6 Å². The fourth-order valence-corrected chi connectivity index (χ4v) is 2.31. The maximum absolute atomic E-state index is 11.0. The second kappa shape index (κ2) is 4.25. The molecule has 2 aliphatic rings. The van der Waals surface area contributed by atoms with Crippen LogP contribution in [0.1, 0.15) is 6.42 Å². The van der Waals surface area contributed by atoms with Crippen molar-refractivity contribution in [3.05, 3.63) is 0 Å². The normalized spacial score (nSPS) is 34.6. The van der Waals surface area contributed by atoms with Gasteiger partial charge < -0.3 is 15.7 Å². The Morgan fingerprint density at radius 3 is 2.71 bits per heavy atom. The Kier molecular flexibility index (Phi) is 3.00. The van der Waals surface area contributed by atoms with Crippen LogP contribution in [0.3, 0.4) is 0 Å². The third kappa shape index (κ3) is 1.89. The van der Waals surface area contributed by atoms with Crippen molar-refractivity contribution in [3.8, 4) is 0 Å². The average Bonchev–Trinajstić information content (AvgIpc) is 2.70. The summed E-state index contributed by atoms with van der Waals surface area (Å²) in [6.45, 7) is 4.28. The van der Waals surface area contributed by atoms with Crippen molar-refractivity contribution in [2.75, 3.05) is 32.7 Å². The third-order valence-corrected chi connectivity index (χ3v) is 3.07. The molecule has 2 unspecified atom stereocenters. The molecule has 2 atom stereocenters. The smallest absolute Gasteiger partial charge is 0.322 e. The first-order chi connectivity index (χ1) is 6.79. The number of carbonyl (C=O) groups is 1. The van der Waals surface area contributed by atoms with Gasteiger partial charge >= 0.3 is 5.97 Å². The summed E-state index contributed by atoms with van der Waals surface area (Å²) in [6, 6.07) is 0.0758. The molecule has 0 bridgehead atoms. The number of nitrogens with one attached hydrogen (secondary N) is 2. The lowest BCUT2D eigenvalue weighted by Crippen LogP contribution is -2.58. The number of hydrogen-bond acceptors (Lipinski definition) is 4. The number of hydrogen-bond donors (Lipinski definition) is 3. The van der Waals surface area contributed by atoms with E-state index in [1.807, 2.05) is 0 Å². The van der Waals surface area contributed by atoms with Crippen LogP contribution in [0.5, 0.6) is 0 Å². The Balaban J connectivity index is 2.01. The molecule has 80 valence electrons. The Morgan fingerprint density at radius 2 is 2.07 bits per heavy atom. The van der Waals surface area contributed by atoms with E-state index in [1.54, 1.807) is 0 Å². The third-order valence-electron chi connectivity index (χ3n) is 3.07. The highest BCUT2D eigenvalue weighted by Gasteiger charge is 2.34. The van der Waals surface area contributed by atoms with Crippen LogP contribution in [-0.4, -0.2) is 60.8 Å². The summed E-state index contributed by atoms with van der Waals surface area (Å²) in [5.74, 6) is -0.705. The number of piperazine rings is 1. The molecule has 0 aromatic rings. The van der Waals surface area contributed by atoms with Gasteiger partial charge in [0, 0.05) is 32.2 Å². The summed E-state index contributed by atoms with van der Waals surface area (Å²) in [5, 5.41) is 15.5. The van der Waals surface area contributed by atoms with Crippen molar-refractivity contribution in [3.63, 3.8) is 0 Å². The van der Waals surface area contributed by atoms with E-state index in [0.29, 0.717) is 12.6 Å². The quantitative estimate of drug-likeness (QED) is 0.516. The zero-order valence-electron chi connectivity index (χ0n) is 8.20. The number of carboxylic acid groups (broad SMARTS) is 1. The van der Waals surface area contributed by atoms with Gasteiger partial charge in [-0.25, -0.2) is 0 Å². The van der Waals surface area contributed by atoms with E-state index in [0.717, 1.165) is 32.6 Å². The Hall–Kier alpha value is -0.650. The summed E-state index contributed by atoms with van der Waals surface area (Å²) in [7, 11) is 0. The molecular formula is C9H17N3O2. The molecule has 0 amide bonds. The number of aliphatic carboxylic acids is 1. The van der Waals surface area contributed by atoms with Crippen molar-refractivity contribution in [1.29, 1.82) is 0 Å². The Bertz CT molecular complexity index is 216. The molecule has 2 rings (SSSR count). The van der Waals surface area contributed by atoms with Crippen molar-refractivity contribution < 1.29 is 9.90 Å². The standard InChI is InChI=1S/C9H17N3O2/c13-9(14)8-6-11-3-4-12(8)7-1-2-10-5-7/h7-8,10-11H,1-6H2,(H,13,14). The molecule has 0 saturated carbocycles. The average molecular weight is 199 g/mol. The minimum Gasteiger partial charge on any atom is -0.480 e. The van der Waals surface area contributed by atoms with Gasteiger partial charge in [0.15, 0.2) is 0 Å². The second-order valence-electron chi connectivity index (χ2n) is 3.94. The molecule has 0 aromatic carbocycles. The van der Waals surface area contributed by atoms with E-state index < -0.39 is 5.97 Å². The lowest BCUT2D eigenvalue weighted by molar-refractivity contribution is -0.144. The molecule has 14 heavy (non-hydrogen) atoms. The van der Waals surface area contributed by atoms with E-state index in [-0.39, 0.29) is 6.04 Å². The zero-order valence-corrected chi connectivity index (χ0v) is 8.20. The van der Waals surface area contributed by atoms with Crippen LogP contribution >= 0.6 is 0 Å². The van der Waals surface area contributed by atoms with Gasteiger partial charge in [-0.3, -0.25) is 9.69 Å². The van der Waals surface area contributed by atoms with Crippen LogP contribution in [0.25, 0.3) is 0 Å². The van der Waals surface area contributed by atoms with Gasteiger partial charge in [0.1, 0.15) is 6.04 Å². The van der Waals surface area contributed by atoms with Gasteiger partial charge in [0.25, 0.3) is 0 Å². The largest absolute Gasteiger partial charge is 0.480 e. The predicted octanol–water partition coefficient (Wildman–Crippen LogP) is -1.29.